The maximum atomic E-state index is 14.6. The number of ether oxygens (including phenoxy) is 1. The fourth-order valence-electron chi connectivity index (χ4n) is 3.97. The maximum absolute atomic E-state index is 14.6. The smallest absolute Gasteiger partial charge is 0.308 e. The number of hydrogen-bond acceptors (Lipinski definition) is 6. The Morgan fingerprint density at radius 2 is 2.10 bits per heavy atom. The second-order valence-corrected chi connectivity index (χ2v) is 7.58. The van der Waals surface area contributed by atoms with E-state index in [1.54, 1.807) is 42.6 Å². The Labute approximate surface area is 178 Å². The molecule has 2 aromatic heterocycles. The van der Waals surface area contributed by atoms with Crippen molar-refractivity contribution in [3.63, 3.8) is 0 Å². The van der Waals surface area contributed by atoms with Gasteiger partial charge in [-0.25, -0.2) is 14.4 Å². The molecule has 1 aliphatic carbocycles. The van der Waals surface area contributed by atoms with Crippen molar-refractivity contribution in [3.05, 3.63) is 71.0 Å². The van der Waals surface area contributed by atoms with Gasteiger partial charge in [-0.3, -0.25) is 14.2 Å². The summed E-state index contributed by atoms with van der Waals surface area (Å²) in [5.74, 6) is -0.620. The predicted molar refractivity (Wildman–Crippen MR) is 114 cm³/mol. The van der Waals surface area contributed by atoms with E-state index in [2.05, 4.69) is 15.3 Å². The number of nitrogens with one attached hydrogen (secondary N) is 1. The molecule has 0 unspecified atom stereocenters. The Morgan fingerprint density at radius 3 is 2.90 bits per heavy atom. The fourth-order valence-corrected chi connectivity index (χ4v) is 3.97. The van der Waals surface area contributed by atoms with Crippen molar-refractivity contribution in [1.82, 2.24) is 14.5 Å². The van der Waals surface area contributed by atoms with Crippen LogP contribution < -0.4 is 10.9 Å². The molecule has 7 nitrogen and oxygen atoms in total. The number of carbonyl (C=O) groups excluding carboxylic acids is 1. The molecule has 0 saturated heterocycles. The molecule has 2 atom stereocenters. The molecule has 0 bridgehead atoms. The van der Waals surface area contributed by atoms with Crippen molar-refractivity contribution in [1.29, 1.82) is 0 Å². The molecule has 0 amide bonds. The molecule has 0 spiro atoms. The van der Waals surface area contributed by atoms with E-state index in [1.165, 1.54) is 17.7 Å². The van der Waals surface area contributed by atoms with Crippen molar-refractivity contribution in [2.24, 2.45) is 5.92 Å². The summed E-state index contributed by atoms with van der Waals surface area (Å²) in [5.41, 5.74) is 1.11. The summed E-state index contributed by atoms with van der Waals surface area (Å²) in [6, 6.07) is 11.9. The van der Waals surface area contributed by atoms with Gasteiger partial charge in [0, 0.05) is 29.6 Å². The van der Waals surface area contributed by atoms with Gasteiger partial charge in [0.25, 0.3) is 5.56 Å². The van der Waals surface area contributed by atoms with Crippen LogP contribution in [0.4, 0.5) is 10.3 Å². The normalized spacial score (nSPS) is 18.4. The van der Waals surface area contributed by atoms with E-state index in [-0.39, 0.29) is 29.2 Å². The third kappa shape index (κ3) is 4.63. The zero-order valence-electron chi connectivity index (χ0n) is 17.1. The minimum absolute atomic E-state index is 0.00499. The van der Waals surface area contributed by atoms with Crippen LogP contribution in [0.1, 0.15) is 25.7 Å². The van der Waals surface area contributed by atoms with E-state index in [4.69, 9.17) is 4.74 Å². The molecule has 160 valence electrons. The van der Waals surface area contributed by atoms with Gasteiger partial charge >= 0.3 is 5.97 Å². The minimum atomic E-state index is -0.556. The number of hydrogen-bond donors (Lipinski definition) is 1. The highest BCUT2D eigenvalue weighted by Gasteiger charge is 2.28. The number of nitrogens with zero attached hydrogens (tertiary/aromatic N) is 3. The summed E-state index contributed by atoms with van der Waals surface area (Å²) < 4.78 is 20.9. The monoisotopic (exact) mass is 422 g/mol. The number of aromatic nitrogens is 3. The number of methoxy groups -OCH3 is 1. The van der Waals surface area contributed by atoms with E-state index in [9.17, 15) is 14.0 Å². The second kappa shape index (κ2) is 9.07. The van der Waals surface area contributed by atoms with Crippen molar-refractivity contribution in [2.75, 3.05) is 12.4 Å². The van der Waals surface area contributed by atoms with Gasteiger partial charge in [0.15, 0.2) is 5.82 Å². The molecule has 8 heteroatoms. The van der Waals surface area contributed by atoms with Crippen LogP contribution in [0.2, 0.25) is 0 Å². The largest absolute Gasteiger partial charge is 0.469 e. The third-order valence-corrected chi connectivity index (χ3v) is 5.51. The first-order valence-corrected chi connectivity index (χ1v) is 10.2. The van der Waals surface area contributed by atoms with Crippen molar-refractivity contribution >= 4 is 11.9 Å². The number of esters is 1. The van der Waals surface area contributed by atoms with Crippen LogP contribution in [0.25, 0.3) is 16.9 Å². The lowest BCUT2D eigenvalue weighted by Gasteiger charge is -2.28. The standard InChI is InChI=1S/C23H23FN4O3/c1-31-22(30)16-7-4-8-17(12-16)26-23-25-14-19(24)21(27-23)15-6-5-9-18(13-15)28-11-3-2-10-20(28)29/h2-3,5-6,9-11,13-14,16-17H,4,7-8,12H2,1H3,(H,25,26,27)/t16-,17+/m0/s1. The lowest BCUT2D eigenvalue weighted by molar-refractivity contribution is -0.146. The summed E-state index contributed by atoms with van der Waals surface area (Å²) in [5, 5.41) is 3.23. The van der Waals surface area contributed by atoms with E-state index in [0.717, 1.165) is 25.5 Å². The fraction of sp³-hybridized carbons (Fsp3) is 0.304. The molecule has 0 aliphatic heterocycles. The lowest BCUT2D eigenvalue weighted by Crippen LogP contribution is -2.32. The Kier molecular flexibility index (Phi) is 6.06. The Morgan fingerprint density at radius 1 is 1.23 bits per heavy atom. The highest BCUT2D eigenvalue weighted by molar-refractivity contribution is 5.72. The first kappa shape index (κ1) is 20.7. The second-order valence-electron chi connectivity index (χ2n) is 7.58. The average molecular weight is 422 g/mol. The molecule has 2 heterocycles. The number of carbonyl (C=O) groups is 1. The lowest BCUT2D eigenvalue weighted by atomic mass is 9.86. The Balaban J connectivity index is 1.59. The number of anilines is 1. The predicted octanol–water partition coefficient (Wildman–Crippen LogP) is 3.58. The van der Waals surface area contributed by atoms with Crippen LogP contribution in [-0.4, -0.2) is 33.7 Å². The van der Waals surface area contributed by atoms with Gasteiger partial charge in [0.1, 0.15) is 5.69 Å². The summed E-state index contributed by atoms with van der Waals surface area (Å²) in [4.78, 5) is 32.5. The van der Waals surface area contributed by atoms with Gasteiger partial charge in [0.05, 0.1) is 19.2 Å². The molecule has 1 saturated carbocycles. The molecule has 0 radical (unpaired) electrons. The number of halogens is 1. The van der Waals surface area contributed by atoms with Crippen LogP contribution in [-0.2, 0) is 9.53 Å². The highest BCUT2D eigenvalue weighted by Crippen LogP contribution is 2.28. The molecule has 3 aromatic rings. The molecule has 1 aliphatic rings. The summed E-state index contributed by atoms with van der Waals surface area (Å²) in [6.07, 6.45) is 5.97. The highest BCUT2D eigenvalue weighted by atomic mass is 19.1. The zero-order chi connectivity index (χ0) is 21.8. The van der Waals surface area contributed by atoms with Gasteiger partial charge in [-0.2, -0.15) is 0 Å². The first-order valence-electron chi connectivity index (χ1n) is 10.2. The maximum Gasteiger partial charge on any atom is 0.308 e. The number of benzene rings is 1. The first-order chi connectivity index (χ1) is 15.0. The van der Waals surface area contributed by atoms with E-state index in [1.807, 2.05) is 0 Å². The summed E-state index contributed by atoms with van der Waals surface area (Å²) in [6.45, 7) is 0. The summed E-state index contributed by atoms with van der Waals surface area (Å²) >= 11 is 0. The summed E-state index contributed by atoms with van der Waals surface area (Å²) in [7, 11) is 1.40. The molecule has 1 fully saturated rings. The van der Waals surface area contributed by atoms with Gasteiger partial charge in [-0.05, 0) is 37.5 Å². The van der Waals surface area contributed by atoms with Gasteiger partial charge < -0.3 is 10.1 Å². The van der Waals surface area contributed by atoms with E-state index in [0.29, 0.717) is 23.6 Å². The van der Waals surface area contributed by atoms with Gasteiger partial charge in [-0.1, -0.05) is 24.6 Å². The number of rotatable bonds is 5. The van der Waals surface area contributed by atoms with Crippen LogP contribution in [0.15, 0.2) is 59.7 Å². The van der Waals surface area contributed by atoms with Crippen molar-refractivity contribution < 1.29 is 13.9 Å². The molecule has 4 rings (SSSR count). The van der Waals surface area contributed by atoms with Crippen molar-refractivity contribution in [3.8, 4) is 16.9 Å². The van der Waals surface area contributed by atoms with Crippen LogP contribution in [0.3, 0.4) is 0 Å². The molecule has 1 aromatic carbocycles. The minimum Gasteiger partial charge on any atom is -0.469 e. The molecule has 1 N–H and O–H groups in total. The molecular weight excluding hydrogens is 399 g/mol. The average Bonchev–Trinajstić information content (AvgIpc) is 2.80. The van der Waals surface area contributed by atoms with E-state index < -0.39 is 5.82 Å². The van der Waals surface area contributed by atoms with E-state index >= 15 is 0 Å². The van der Waals surface area contributed by atoms with Gasteiger partial charge in [-0.15, -0.1) is 0 Å². The number of pyridine rings is 1. The zero-order valence-corrected chi connectivity index (χ0v) is 17.1. The van der Waals surface area contributed by atoms with Crippen LogP contribution in [0.5, 0.6) is 0 Å². The van der Waals surface area contributed by atoms with Gasteiger partial charge in [0.2, 0.25) is 5.95 Å². The van der Waals surface area contributed by atoms with Crippen LogP contribution >= 0.6 is 0 Å². The topological polar surface area (TPSA) is 86.1 Å². The SMILES string of the molecule is COC(=O)[C@H]1CCC[C@@H](Nc2ncc(F)c(-c3cccc(-n4ccccc4=O)c3)n2)C1. The Bertz CT molecular complexity index is 1150. The third-order valence-electron chi connectivity index (χ3n) is 5.51. The Hall–Kier alpha value is -3.55. The molecular formula is C23H23FN4O3. The van der Waals surface area contributed by atoms with Crippen molar-refractivity contribution in [2.45, 2.75) is 31.7 Å². The van der Waals surface area contributed by atoms with Crippen LogP contribution in [0, 0.1) is 11.7 Å². The molecule has 31 heavy (non-hydrogen) atoms. The quantitative estimate of drug-likeness (QED) is 0.633.